The van der Waals surface area contributed by atoms with Gasteiger partial charge in [0.15, 0.2) is 0 Å². The zero-order valence-corrected chi connectivity index (χ0v) is 12.6. The van der Waals surface area contributed by atoms with Gasteiger partial charge in [-0.05, 0) is 37.1 Å². The molecule has 1 heterocycles. The fraction of sp³-hybridized carbons (Fsp3) is 0.529. The van der Waals surface area contributed by atoms with Crippen molar-refractivity contribution in [1.29, 1.82) is 5.26 Å². The van der Waals surface area contributed by atoms with E-state index in [9.17, 15) is 4.79 Å². The Morgan fingerprint density at radius 2 is 2.09 bits per heavy atom. The summed E-state index contributed by atoms with van der Waals surface area (Å²) in [5.74, 6) is 0.129. The van der Waals surface area contributed by atoms with Crippen LogP contribution in [0.4, 0.5) is 5.69 Å². The number of anilines is 1. The largest absolute Gasteiger partial charge is 0.376 e. The molecule has 2 aliphatic rings. The van der Waals surface area contributed by atoms with Crippen LogP contribution in [0.5, 0.6) is 0 Å². The Labute approximate surface area is 130 Å². The van der Waals surface area contributed by atoms with E-state index in [4.69, 9.17) is 10.00 Å². The topological polar surface area (TPSA) is 65.4 Å². The molecule has 0 spiro atoms. The SMILES string of the molecule is N#Cc1ccc(NCC(=O)N2CCOC3CCCCC32)cc1. The second-order valence-corrected chi connectivity index (χ2v) is 5.89. The third-order valence-electron chi connectivity index (χ3n) is 4.51. The number of fused-ring (bicyclic) bond motifs is 1. The quantitative estimate of drug-likeness (QED) is 0.928. The van der Waals surface area contributed by atoms with E-state index >= 15 is 0 Å². The Bertz CT molecular complexity index is 562. The first-order valence-corrected chi connectivity index (χ1v) is 7.93. The summed E-state index contributed by atoms with van der Waals surface area (Å²) >= 11 is 0. The van der Waals surface area contributed by atoms with Gasteiger partial charge >= 0.3 is 0 Å². The summed E-state index contributed by atoms with van der Waals surface area (Å²) in [6.07, 6.45) is 4.72. The number of rotatable bonds is 3. The van der Waals surface area contributed by atoms with Crippen molar-refractivity contribution in [2.75, 3.05) is 25.0 Å². The lowest BCUT2D eigenvalue weighted by Gasteiger charge is -2.43. The van der Waals surface area contributed by atoms with Crippen molar-refractivity contribution in [1.82, 2.24) is 4.90 Å². The predicted molar refractivity (Wildman–Crippen MR) is 83.4 cm³/mol. The van der Waals surface area contributed by atoms with Gasteiger partial charge in [0.25, 0.3) is 0 Å². The van der Waals surface area contributed by atoms with Gasteiger partial charge in [-0.1, -0.05) is 12.8 Å². The minimum absolute atomic E-state index is 0.129. The van der Waals surface area contributed by atoms with Crippen LogP contribution >= 0.6 is 0 Å². The maximum absolute atomic E-state index is 12.5. The first kappa shape index (κ1) is 14.9. The van der Waals surface area contributed by atoms with Crippen molar-refractivity contribution in [3.8, 4) is 6.07 Å². The van der Waals surface area contributed by atoms with E-state index in [-0.39, 0.29) is 24.6 Å². The van der Waals surface area contributed by atoms with Crippen LogP contribution in [0.2, 0.25) is 0 Å². The number of carbonyl (C=O) groups is 1. The first-order chi connectivity index (χ1) is 10.8. The molecule has 2 fully saturated rings. The number of morpholine rings is 1. The van der Waals surface area contributed by atoms with Crippen LogP contribution in [0, 0.1) is 11.3 Å². The van der Waals surface area contributed by atoms with Gasteiger partial charge in [0.2, 0.25) is 5.91 Å². The summed E-state index contributed by atoms with van der Waals surface area (Å²) in [5, 5.41) is 11.9. The second-order valence-electron chi connectivity index (χ2n) is 5.89. The van der Waals surface area contributed by atoms with Gasteiger partial charge in [-0.15, -0.1) is 0 Å². The lowest BCUT2D eigenvalue weighted by molar-refractivity contribution is -0.147. The second kappa shape index (κ2) is 6.80. The highest BCUT2D eigenvalue weighted by Gasteiger charge is 2.36. The molecule has 0 aromatic heterocycles. The third-order valence-corrected chi connectivity index (χ3v) is 4.51. The average Bonchev–Trinajstić information content (AvgIpc) is 2.59. The average molecular weight is 299 g/mol. The molecule has 1 N–H and O–H groups in total. The van der Waals surface area contributed by atoms with Gasteiger partial charge < -0.3 is 15.0 Å². The zero-order chi connectivity index (χ0) is 15.4. The van der Waals surface area contributed by atoms with Crippen molar-refractivity contribution in [2.24, 2.45) is 0 Å². The molecule has 0 radical (unpaired) electrons. The highest BCUT2D eigenvalue weighted by Crippen LogP contribution is 2.28. The molecule has 1 amide bonds. The molecule has 5 heteroatoms. The molecule has 116 valence electrons. The van der Waals surface area contributed by atoms with E-state index in [0.717, 1.165) is 18.5 Å². The van der Waals surface area contributed by atoms with Crippen molar-refractivity contribution < 1.29 is 9.53 Å². The van der Waals surface area contributed by atoms with E-state index in [1.54, 1.807) is 12.1 Å². The Hall–Kier alpha value is -2.06. The lowest BCUT2D eigenvalue weighted by atomic mass is 9.90. The fourth-order valence-electron chi connectivity index (χ4n) is 3.35. The number of carbonyl (C=O) groups excluding carboxylic acids is 1. The highest BCUT2D eigenvalue weighted by atomic mass is 16.5. The van der Waals surface area contributed by atoms with Gasteiger partial charge in [-0.2, -0.15) is 5.26 Å². The molecule has 2 unspecified atom stereocenters. The van der Waals surface area contributed by atoms with E-state index in [1.165, 1.54) is 12.8 Å². The van der Waals surface area contributed by atoms with Crippen LogP contribution in [0.3, 0.4) is 0 Å². The van der Waals surface area contributed by atoms with E-state index in [0.29, 0.717) is 18.7 Å². The first-order valence-electron chi connectivity index (χ1n) is 7.93. The highest BCUT2D eigenvalue weighted by molar-refractivity contribution is 5.81. The van der Waals surface area contributed by atoms with Crippen LogP contribution in [0.1, 0.15) is 31.2 Å². The van der Waals surface area contributed by atoms with Gasteiger partial charge in [-0.3, -0.25) is 4.79 Å². The molecule has 5 nitrogen and oxygen atoms in total. The molecule has 3 rings (SSSR count). The molecule has 1 aromatic rings. The minimum Gasteiger partial charge on any atom is -0.376 e. The van der Waals surface area contributed by atoms with E-state index in [1.807, 2.05) is 17.0 Å². The molecule has 0 bridgehead atoms. The number of nitrogens with one attached hydrogen (secondary N) is 1. The Morgan fingerprint density at radius 3 is 2.86 bits per heavy atom. The van der Waals surface area contributed by atoms with Crippen molar-refractivity contribution in [2.45, 2.75) is 37.8 Å². The number of hydrogen-bond acceptors (Lipinski definition) is 4. The van der Waals surface area contributed by atoms with Gasteiger partial charge in [0, 0.05) is 12.2 Å². The predicted octanol–water partition coefficient (Wildman–Crippen LogP) is 2.14. The molecule has 1 aliphatic carbocycles. The fourth-order valence-corrected chi connectivity index (χ4v) is 3.35. The molecule has 1 aromatic carbocycles. The monoisotopic (exact) mass is 299 g/mol. The van der Waals surface area contributed by atoms with Crippen LogP contribution < -0.4 is 5.32 Å². The maximum Gasteiger partial charge on any atom is 0.242 e. The van der Waals surface area contributed by atoms with Crippen molar-refractivity contribution >= 4 is 11.6 Å². The summed E-state index contributed by atoms with van der Waals surface area (Å²) in [6, 6.07) is 9.49. The van der Waals surface area contributed by atoms with Crippen LogP contribution in [0.25, 0.3) is 0 Å². The van der Waals surface area contributed by atoms with Crippen LogP contribution in [0.15, 0.2) is 24.3 Å². The standard InChI is InChI=1S/C17H21N3O2/c18-11-13-5-7-14(8-6-13)19-12-17(21)20-9-10-22-16-4-2-1-3-15(16)20/h5-8,15-16,19H,1-4,9-10,12H2. The summed E-state index contributed by atoms with van der Waals surface area (Å²) in [6.45, 7) is 1.62. The molecular weight excluding hydrogens is 278 g/mol. The number of benzene rings is 1. The van der Waals surface area contributed by atoms with Crippen molar-refractivity contribution in [3.05, 3.63) is 29.8 Å². The smallest absolute Gasteiger partial charge is 0.242 e. The number of nitriles is 1. The lowest BCUT2D eigenvalue weighted by Crippen LogP contribution is -2.56. The molecule has 2 atom stereocenters. The number of hydrogen-bond donors (Lipinski definition) is 1. The van der Waals surface area contributed by atoms with Crippen LogP contribution in [-0.2, 0) is 9.53 Å². The Morgan fingerprint density at radius 1 is 1.32 bits per heavy atom. The van der Waals surface area contributed by atoms with E-state index in [2.05, 4.69) is 11.4 Å². The number of ether oxygens (including phenoxy) is 1. The molecule has 1 saturated heterocycles. The summed E-state index contributed by atoms with van der Waals surface area (Å²) in [7, 11) is 0. The maximum atomic E-state index is 12.5. The normalized spacial score (nSPS) is 24.2. The minimum atomic E-state index is 0.129. The van der Waals surface area contributed by atoms with Crippen molar-refractivity contribution in [3.63, 3.8) is 0 Å². The molecule has 22 heavy (non-hydrogen) atoms. The third kappa shape index (κ3) is 3.23. The Balaban J connectivity index is 1.57. The summed E-state index contributed by atoms with van der Waals surface area (Å²) in [5.41, 5.74) is 1.48. The van der Waals surface area contributed by atoms with E-state index < -0.39 is 0 Å². The summed E-state index contributed by atoms with van der Waals surface area (Å²) in [4.78, 5) is 14.5. The van der Waals surface area contributed by atoms with Gasteiger partial charge in [0.05, 0.1) is 36.9 Å². The number of nitrogens with zero attached hydrogens (tertiary/aromatic N) is 2. The molecular formula is C17H21N3O2. The molecule has 1 aliphatic heterocycles. The van der Waals surface area contributed by atoms with Gasteiger partial charge in [0.1, 0.15) is 0 Å². The summed E-state index contributed by atoms with van der Waals surface area (Å²) < 4.78 is 5.81. The zero-order valence-electron chi connectivity index (χ0n) is 12.6. The van der Waals surface area contributed by atoms with Gasteiger partial charge in [-0.25, -0.2) is 0 Å². The molecule has 1 saturated carbocycles. The Kier molecular flexibility index (Phi) is 4.59. The van der Waals surface area contributed by atoms with Crippen LogP contribution in [-0.4, -0.2) is 42.6 Å². The number of amides is 1.